The first kappa shape index (κ1) is 12.3. The Hall–Kier alpha value is -2.70. The van der Waals surface area contributed by atoms with Crippen molar-refractivity contribution in [3.63, 3.8) is 0 Å². The number of nitrogens with zero attached hydrogens (tertiary/aromatic N) is 4. The van der Waals surface area contributed by atoms with Gasteiger partial charge in [0.05, 0.1) is 25.4 Å². The minimum absolute atomic E-state index is 0.261. The number of ether oxygens (including phenoxy) is 1. The fourth-order valence-electron chi connectivity index (χ4n) is 1.96. The first-order valence-electron chi connectivity index (χ1n) is 6.00. The average Bonchev–Trinajstić information content (AvgIpc) is 3.05. The quantitative estimate of drug-likeness (QED) is 0.673. The van der Waals surface area contributed by atoms with Gasteiger partial charge in [-0.2, -0.15) is 5.10 Å². The zero-order valence-electron chi connectivity index (χ0n) is 11.0. The van der Waals surface area contributed by atoms with Gasteiger partial charge in [-0.1, -0.05) is 5.16 Å². The molecule has 0 fully saturated rings. The lowest BCUT2D eigenvalue weighted by Gasteiger charge is -2.01. The lowest BCUT2D eigenvalue weighted by Crippen LogP contribution is -2.05. The number of hydrogen-bond acceptors (Lipinski definition) is 6. The topological polar surface area (TPSA) is 83.0 Å². The van der Waals surface area contributed by atoms with Crippen LogP contribution in [0, 0.1) is 6.92 Å². The lowest BCUT2D eigenvalue weighted by atomic mass is 10.3. The molecular weight excluding hydrogens is 260 g/mol. The Morgan fingerprint density at radius 1 is 1.45 bits per heavy atom. The van der Waals surface area contributed by atoms with Gasteiger partial charge in [0.1, 0.15) is 22.7 Å². The van der Waals surface area contributed by atoms with Gasteiger partial charge in [-0.05, 0) is 19.1 Å². The van der Waals surface area contributed by atoms with E-state index in [4.69, 9.17) is 4.52 Å². The number of rotatable bonds is 3. The number of esters is 1. The van der Waals surface area contributed by atoms with Crippen LogP contribution in [0.1, 0.15) is 21.9 Å². The fourth-order valence-corrected chi connectivity index (χ4v) is 1.96. The van der Waals surface area contributed by atoms with Gasteiger partial charge >= 0.3 is 5.97 Å². The monoisotopic (exact) mass is 272 g/mol. The number of pyridine rings is 1. The molecule has 102 valence electrons. The second-order valence-electron chi connectivity index (χ2n) is 4.32. The minimum atomic E-state index is -0.466. The Balaban J connectivity index is 1.95. The van der Waals surface area contributed by atoms with Crippen molar-refractivity contribution in [2.24, 2.45) is 0 Å². The molecular formula is C13H12N4O3. The Morgan fingerprint density at radius 2 is 2.30 bits per heavy atom. The van der Waals surface area contributed by atoms with Crippen LogP contribution in [0.4, 0.5) is 0 Å². The third-order valence-electron chi connectivity index (χ3n) is 2.88. The standard InChI is InChI=1S/C13H12N4O3/c1-8-5-9(16-20-8)7-17-12-4-3-10(13(18)19-2)15-11(12)6-14-17/h3-6H,7H2,1-2H3. The van der Waals surface area contributed by atoms with Gasteiger partial charge in [-0.3, -0.25) is 4.68 Å². The van der Waals surface area contributed by atoms with Crippen LogP contribution in [0.5, 0.6) is 0 Å². The van der Waals surface area contributed by atoms with E-state index in [2.05, 4.69) is 20.0 Å². The van der Waals surface area contributed by atoms with E-state index in [1.807, 2.05) is 13.0 Å². The first-order valence-corrected chi connectivity index (χ1v) is 6.00. The van der Waals surface area contributed by atoms with Crippen LogP contribution >= 0.6 is 0 Å². The second-order valence-corrected chi connectivity index (χ2v) is 4.32. The predicted molar refractivity (Wildman–Crippen MR) is 69.2 cm³/mol. The lowest BCUT2D eigenvalue weighted by molar-refractivity contribution is 0.0594. The van der Waals surface area contributed by atoms with Crippen molar-refractivity contribution in [1.29, 1.82) is 0 Å². The third kappa shape index (κ3) is 2.13. The molecule has 0 saturated heterocycles. The summed E-state index contributed by atoms with van der Waals surface area (Å²) in [4.78, 5) is 15.6. The van der Waals surface area contributed by atoms with Gasteiger partial charge in [0.15, 0.2) is 0 Å². The molecule has 0 aromatic carbocycles. The summed E-state index contributed by atoms with van der Waals surface area (Å²) < 4.78 is 11.4. The van der Waals surface area contributed by atoms with Gasteiger partial charge in [0.2, 0.25) is 0 Å². The molecule has 7 nitrogen and oxygen atoms in total. The number of methoxy groups -OCH3 is 1. The van der Waals surface area contributed by atoms with Gasteiger partial charge in [0, 0.05) is 6.07 Å². The van der Waals surface area contributed by atoms with Crippen molar-refractivity contribution in [2.75, 3.05) is 7.11 Å². The van der Waals surface area contributed by atoms with Crippen molar-refractivity contribution in [2.45, 2.75) is 13.5 Å². The van der Waals surface area contributed by atoms with Gasteiger partial charge in [-0.25, -0.2) is 9.78 Å². The van der Waals surface area contributed by atoms with E-state index < -0.39 is 5.97 Å². The molecule has 0 spiro atoms. The number of aromatic nitrogens is 4. The van der Waals surface area contributed by atoms with Crippen molar-refractivity contribution >= 4 is 17.0 Å². The highest BCUT2D eigenvalue weighted by Crippen LogP contribution is 2.14. The van der Waals surface area contributed by atoms with Crippen molar-refractivity contribution in [3.05, 3.63) is 41.5 Å². The molecule has 0 aliphatic heterocycles. The summed E-state index contributed by atoms with van der Waals surface area (Å²) in [5.74, 6) is 0.286. The van der Waals surface area contributed by atoms with E-state index in [1.165, 1.54) is 7.11 Å². The smallest absolute Gasteiger partial charge is 0.356 e. The molecule has 0 aliphatic rings. The summed E-state index contributed by atoms with van der Waals surface area (Å²) in [6.07, 6.45) is 1.61. The van der Waals surface area contributed by atoms with E-state index in [9.17, 15) is 4.79 Å². The zero-order valence-corrected chi connectivity index (χ0v) is 11.0. The number of aryl methyl sites for hydroxylation is 1. The van der Waals surface area contributed by atoms with Gasteiger partial charge in [-0.15, -0.1) is 0 Å². The van der Waals surface area contributed by atoms with E-state index in [0.29, 0.717) is 12.1 Å². The van der Waals surface area contributed by atoms with Crippen LogP contribution in [0.3, 0.4) is 0 Å². The van der Waals surface area contributed by atoms with Crippen LogP contribution < -0.4 is 0 Å². The average molecular weight is 272 g/mol. The Morgan fingerprint density at radius 3 is 3.00 bits per heavy atom. The number of carbonyl (C=O) groups excluding carboxylic acids is 1. The fraction of sp³-hybridized carbons (Fsp3) is 0.231. The number of carbonyl (C=O) groups is 1. The van der Waals surface area contributed by atoms with Crippen molar-refractivity contribution in [3.8, 4) is 0 Å². The molecule has 3 heterocycles. The van der Waals surface area contributed by atoms with Crippen LogP contribution in [0.2, 0.25) is 0 Å². The maximum absolute atomic E-state index is 11.4. The summed E-state index contributed by atoms with van der Waals surface area (Å²) >= 11 is 0. The third-order valence-corrected chi connectivity index (χ3v) is 2.88. The second kappa shape index (κ2) is 4.76. The number of hydrogen-bond donors (Lipinski definition) is 0. The summed E-state index contributed by atoms with van der Waals surface area (Å²) in [5, 5.41) is 8.17. The predicted octanol–water partition coefficient (Wildman–Crippen LogP) is 1.56. The van der Waals surface area contributed by atoms with Gasteiger partial charge in [0.25, 0.3) is 0 Å². The molecule has 0 unspecified atom stereocenters. The van der Waals surface area contributed by atoms with Crippen LogP contribution in [0.15, 0.2) is 28.9 Å². The SMILES string of the molecule is COC(=O)c1ccc2c(cnn2Cc2cc(C)on2)n1. The van der Waals surface area contributed by atoms with Crippen LogP contribution in [-0.4, -0.2) is 33.0 Å². The number of fused-ring (bicyclic) bond motifs is 1. The molecule has 3 rings (SSSR count). The molecule has 3 aromatic heterocycles. The van der Waals surface area contributed by atoms with E-state index >= 15 is 0 Å². The molecule has 20 heavy (non-hydrogen) atoms. The summed E-state index contributed by atoms with van der Waals surface area (Å²) in [5.41, 5.74) is 2.49. The minimum Gasteiger partial charge on any atom is -0.464 e. The highest BCUT2D eigenvalue weighted by atomic mass is 16.5. The largest absolute Gasteiger partial charge is 0.464 e. The van der Waals surface area contributed by atoms with Crippen LogP contribution in [0.25, 0.3) is 11.0 Å². The molecule has 7 heteroatoms. The molecule has 0 radical (unpaired) electrons. The van der Waals surface area contributed by atoms with E-state index in [-0.39, 0.29) is 5.69 Å². The van der Waals surface area contributed by atoms with Gasteiger partial charge < -0.3 is 9.26 Å². The highest BCUT2D eigenvalue weighted by Gasteiger charge is 2.11. The van der Waals surface area contributed by atoms with Crippen molar-refractivity contribution < 1.29 is 14.1 Å². The molecule has 0 amide bonds. The zero-order chi connectivity index (χ0) is 14.1. The summed E-state index contributed by atoms with van der Waals surface area (Å²) in [6.45, 7) is 2.32. The van der Waals surface area contributed by atoms with E-state index in [0.717, 1.165) is 17.0 Å². The Labute approximate surface area is 114 Å². The molecule has 3 aromatic rings. The molecule has 0 atom stereocenters. The maximum Gasteiger partial charge on any atom is 0.356 e. The molecule has 0 aliphatic carbocycles. The van der Waals surface area contributed by atoms with E-state index in [1.54, 1.807) is 23.0 Å². The molecule has 0 N–H and O–H groups in total. The normalized spacial score (nSPS) is 10.9. The molecule has 0 bridgehead atoms. The summed E-state index contributed by atoms with van der Waals surface area (Å²) in [7, 11) is 1.32. The highest BCUT2D eigenvalue weighted by molar-refractivity contribution is 5.90. The first-order chi connectivity index (χ1) is 9.67. The Kier molecular flexibility index (Phi) is 2.94. The van der Waals surface area contributed by atoms with Crippen molar-refractivity contribution in [1.82, 2.24) is 19.9 Å². The maximum atomic E-state index is 11.4. The molecule has 0 saturated carbocycles. The van der Waals surface area contributed by atoms with Crippen LogP contribution in [-0.2, 0) is 11.3 Å². The summed E-state index contributed by atoms with van der Waals surface area (Å²) in [6, 6.07) is 5.25. The Bertz CT molecular complexity index is 775.